The zero-order chi connectivity index (χ0) is 23.4. The Kier molecular flexibility index (Phi) is 5.13. The normalized spacial score (nSPS) is 23.4. The largest absolute Gasteiger partial charge is 0.394 e. The van der Waals surface area contributed by atoms with E-state index in [-0.39, 0.29) is 35.7 Å². The molecule has 1 fully saturated rings. The number of nitrogens with zero attached hydrogens (tertiary/aromatic N) is 4. The first kappa shape index (κ1) is 21.8. The van der Waals surface area contributed by atoms with Crippen LogP contribution in [0.25, 0.3) is 11.3 Å². The molecule has 1 unspecified atom stereocenters. The Morgan fingerprint density at radius 3 is 2.67 bits per heavy atom. The van der Waals surface area contributed by atoms with Gasteiger partial charge in [-0.2, -0.15) is 5.10 Å². The van der Waals surface area contributed by atoms with E-state index in [0.29, 0.717) is 5.95 Å². The number of hydrogen-bond acceptors (Lipinski definition) is 7. The van der Waals surface area contributed by atoms with E-state index in [1.807, 2.05) is 6.07 Å². The third-order valence-corrected chi connectivity index (χ3v) is 7.40. The molecule has 3 N–H and O–H groups in total. The van der Waals surface area contributed by atoms with Crippen molar-refractivity contribution in [2.75, 3.05) is 18.5 Å². The molecule has 0 aliphatic heterocycles. The molecule has 0 saturated heterocycles. The van der Waals surface area contributed by atoms with Crippen LogP contribution in [0.1, 0.15) is 49.6 Å². The number of aromatic nitrogens is 4. The third kappa shape index (κ3) is 3.13. The summed E-state index contributed by atoms with van der Waals surface area (Å²) in [4.78, 5) is 8.97. The fourth-order valence-corrected chi connectivity index (χ4v) is 5.71. The number of anilines is 1. The summed E-state index contributed by atoms with van der Waals surface area (Å²) < 4.78 is 28.8. The molecule has 2 heterocycles. The van der Waals surface area contributed by atoms with Crippen LogP contribution in [-0.4, -0.2) is 49.6 Å². The molecule has 172 valence electrons. The maximum absolute atomic E-state index is 14.4. The van der Waals surface area contributed by atoms with Gasteiger partial charge in [-0.3, -0.25) is 0 Å². The van der Waals surface area contributed by atoms with Crippen molar-refractivity contribution in [1.29, 1.82) is 0 Å². The first-order valence-electron chi connectivity index (χ1n) is 11.0. The molecular formula is C24H25F2N5O2. The minimum atomic E-state index is -0.919. The summed E-state index contributed by atoms with van der Waals surface area (Å²) in [7, 11) is 0. The number of hydrogen-bond donors (Lipinski definition) is 3. The number of aliphatic hydroxyl groups is 2. The summed E-state index contributed by atoms with van der Waals surface area (Å²) in [6.45, 7) is 4.09. The molecule has 2 aliphatic rings. The lowest BCUT2D eigenvalue weighted by molar-refractivity contribution is 0.105. The summed E-state index contributed by atoms with van der Waals surface area (Å²) in [5.41, 5.74) is 1.74. The van der Waals surface area contributed by atoms with Gasteiger partial charge in [0, 0.05) is 12.7 Å². The highest BCUT2D eigenvalue weighted by Gasteiger charge is 2.65. The van der Waals surface area contributed by atoms with Crippen molar-refractivity contribution >= 4 is 5.95 Å². The van der Waals surface area contributed by atoms with Crippen LogP contribution in [0.15, 0.2) is 36.5 Å². The molecule has 0 radical (unpaired) electrons. The molecule has 0 spiro atoms. The van der Waals surface area contributed by atoms with Gasteiger partial charge < -0.3 is 15.5 Å². The van der Waals surface area contributed by atoms with Crippen LogP contribution in [-0.2, 0) is 5.41 Å². The van der Waals surface area contributed by atoms with Gasteiger partial charge in [0.25, 0.3) is 0 Å². The van der Waals surface area contributed by atoms with Crippen LogP contribution in [0.2, 0.25) is 0 Å². The van der Waals surface area contributed by atoms with Crippen molar-refractivity contribution in [2.24, 2.45) is 5.41 Å². The lowest BCUT2D eigenvalue weighted by Crippen LogP contribution is -2.38. The average molecular weight is 453 g/mol. The van der Waals surface area contributed by atoms with Crippen LogP contribution in [0.3, 0.4) is 0 Å². The smallest absolute Gasteiger partial charge is 0.222 e. The summed E-state index contributed by atoms with van der Waals surface area (Å²) in [5.74, 6) is -0.852. The van der Waals surface area contributed by atoms with E-state index in [1.165, 1.54) is 18.2 Å². The first-order valence-corrected chi connectivity index (χ1v) is 11.0. The average Bonchev–Trinajstić information content (AvgIpc) is 3.18. The predicted octanol–water partition coefficient (Wildman–Crippen LogP) is 3.18. The van der Waals surface area contributed by atoms with Crippen LogP contribution >= 0.6 is 0 Å². The Hall–Kier alpha value is -3.04. The molecule has 2 bridgehead atoms. The van der Waals surface area contributed by atoms with E-state index in [9.17, 15) is 13.9 Å². The fourth-order valence-electron chi connectivity index (χ4n) is 5.71. The molecule has 9 heteroatoms. The van der Waals surface area contributed by atoms with E-state index < -0.39 is 23.2 Å². The lowest BCUT2D eigenvalue weighted by atomic mass is 9.66. The number of halogens is 2. The van der Waals surface area contributed by atoms with Gasteiger partial charge in [0.2, 0.25) is 5.95 Å². The topological polar surface area (TPSA) is 104 Å². The van der Waals surface area contributed by atoms with Gasteiger partial charge >= 0.3 is 0 Å². The Morgan fingerprint density at radius 1 is 1.18 bits per heavy atom. The second kappa shape index (κ2) is 7.78. The summed E-state index contributed by atoms with van der Waals surface area (Å²) >= 11 is 0. The van der Waals surface area contributed by atoms with Crippen LogP contribution < -0.4 is 5.32 Å². The van der Waals surface area contributed by atoms with Gasteiger partial charge in [0.05, 0.1) is 40.8 Å². The van der Waals surface area contributed by atoms with E-state index in [0.717, 1.165) is 29.8 Å². The highest BCUT2D eigenvalue weighted by atomic mass is 19.1. The van der Waals surface area contributed by atoms with Gasteiger partial charge in [-0.05, 0) is 54.0 Å². The zero-order valence-corrected chi connectivity index (χ0v) is 18.4. The Bertz CT molecular complexity index is 1200. The Labute approximate surface area is 189 Å². The first-order chi connectivity index (χ1) is 15.8. The second-order valence-electron chi connectivity index (χ2n) is 9.33. The maximum atomic E-state index is 14.4. The number of benzene rings is 1. The van der Waals surface area contributed by atoms with Gasteiger partial charge in [-0.1, -0.05) is 19.9 Å². The summed E-state index contributed by atoms with van der Waals surface area (Å²) in [5, 5.41) is 30.4. The Morgan fingerprint density at radius 2 is 1.94 bits per heavy atom. The molecule has 1 saturated carbocycles. The van der Waals surface area contributed by atoms with Crippen molar-refractivity contribution in [3.05, 3.63) is 65.1 Å². The van der Waals surface area contributed by atoms with Crippen LogP contribution in [0.4, 0.5) is 14.7 Å². The van der Waals surface area contributed by atoms with Crippen molar-refractivity contribution in [3.63, 3.8) is 0 Å². The van der Waals surface area contributed by atoms with Crippen LogP contribution in [0, 0.1) is 17.0 Å². The van der Waals surface area contributed by atoms with Crippen molar-refractivity contribution in [2.45, 2.75) is 44.1 Å². The van der Waals surface area contributed by atoms with Crippen molar-refractivity contribution in [1.82, 2.24) is 20.2 Å². The van der Waals surface area contributed by atoms with Crippen LogP contribution in [0.5, 0.6) is 0 Å². The van der Waals surface area contributed by atoms with Gasteiger partial charge in [-0.15, -0.1) is 5.10 Å². The number of fused-ring (bicyclic) bond motifs is 5. The van der Waals surface area contributed by atoms with E-state index >= 15 is 0 Å². The second-order valence-corrected chi connectivity index (χ2v) is 9.33. The zero-order valence-electron chi connectivity index (χ0n) is 18.4. The molecule has 3 atom stereocenters. The molecule has 1 aromatic carbocycles. The molecule has 0 amide bonds. The minimum Gasteiger partial charge on any atom is -0.394 e. The van der Waals surface area contributed by atoms with Gasteiger partial charge in [0.15, 0.2) is 0 Å². The quantitative estimate of drug-likeness (QED) is 0.527. The summed E-state index contributed by atoms with van der Waals surface area (Å²) in [6, 6.07) is 7.39. The SMILES string of the molecule is CC1(C)[C@H]2CC[C@@]1(c1ccnc(NCC(O)CO)n1)c1nnc(-c3c(F)cccc3F)cc12. The number of aliphatic hydroxyl groups excluding tert-OH is 2. The van der Waals surface area contributed by atoms with Gasteiger partial charge in [-0.25, -0.2) is 18.7 Å². The molecular weight excluding hydrogens is 428 g/mol. The molecule has 33 heavy (non-hydrogen) atoms. The molecule has 5 rings (SSSR count). The fraction of sp³-hybridized carbons (Fsp3) is 0.417. The predicted molar refractivity (Wildman–Crippen MR) is 118 cm³/mol. The standard InChI is InChI=1S/C24H25F2N5O2/c1-23(2)15-6-8-24(23,19-7-9-27-22(29-19)28-11-13(33)12-32)21-14(15)10-18(30-31-21)20-16(25)4-3-5-17(20)26/h3-5,7,9-10,13,15,32-33H,6,8,11-12H2,1-2H3,(H,27,28,29)/t13?,15-,24+/m0/s1. The number of rotatable bonds is 6. The maximum Gasteiger partial charge on any atom is 0.222 e. The Balaban J connectivity index is 1.60. The molecule has 2 aromatic heterocycles. The number of nitrogens with one attached hydrogen (secondary N) is 1. The van der Waals surface area contributed by atoms with Crippen molar-refractivity contribution < 1.29 is 19.0 Å². The lowest BCUT2D eigenvalue weighted by Gasteiger charge is -2.37. The highest BCUT2D eigenvalue weighted by Crippen LogP contribution is 2.69. The van der Waals surface area contributed by atoms with E-state index in [1.54, 1.807) is 12.3 Å². The molecule has 7 nitrogen and oxygen atoms in total. The van der Waals surface area contributed by atoms with E-state index in [2.05, 4.69) is 34.3 Å². The third-order valence-electron chi connectivity index (χ3n) is 7.40. The molecule has 3 aromatic rings. The highest BCUT2D eigenvalue weighted by molar-refractivity contribution is 5.64. The molecule has 2 aliphatic carbocycles. The van der Waals surface area contributed by atoms with Gasteiger partial charge in [0.1, 0.15) is 11.6 Å². The monoisotopic (exact) mass is 453 g/mol. The summed E-state index contributed by atoms with van der Waals surface area (Å²) in [6.07, 6.45) is 2.44. The van der Waals surface area contributed by atoms with E-state index in [4.69, 9.17) is 10.1 Å². The van der Waals surface area contributed by atoms with Crippen molar-refractivity contribution in [3.8, 4) is 11.3 Å². The minimum absolute atomic E-state index is 0.118.